The highest BCUT2D eigenvalue weighted by molar-refractivity contribution is 9.09. The Morgan fingerprint density at radius 2 is 1.75 bits per heavy atom. The number of ether oxygens (including phenoxy) is 2. The van der Waals surface area contributed by atoms with Crippen LogP contribution in [0.2, 0.25) is 0 Å². The van der Waals surface area contributed by atoms with Gasteiger partial charge in [-0.3, -0.25) is 0 Å². The van der Waals surface area contributed by atoms with Gasteiger partial charge in [0.1, 0.15) is 5.75 Å². The maximum absolute atomic E-state index is 13.4. The molecule has 0 aromatic heterocycles. The Hall–Kier alpha value is -1.55. The zero-order chi connectivity index (χ0) is 14.5. The van der Waals surface area contributed by atoms with Crippen molar-refractivity contribution in [3.63, 3.8) is 0 Å². The molecule has 106 valence electrons. The van der Waals surface area contributed by atoms with Crippen molar-refractivity contribution < 1.29 is 13.9 Å². The fourth-order valence-corrected chi connectivity index (χ4v) is 2.62. The first-order valence-corrected chi connectivity index (χ1v) is 7.16. The maximum Gasteiger partial charge on any atom is 0.165 e. The van der Waals surface area contributed by atoms with Gasteiger partial charge in [0.25, 0.3) is 0 Å². The maximum atomic E-state index is 13.4. The van der Waals surface area contributed by atoms with Crippen LogP contribution < -0.4 is 9.47 Å². The van der Waals surface area contributed by atoms with Crippen LogP contribution in [-0.2, 0) is 6.42 Å². The summed E-state index contributed by atoms with van der Waals surface area (Å²) in [5, 5.41) is 0. The van der Waals surface area contributed by atoms with E-state index in [0.717, 1.165) is 17.7 Å². The molecular formula is C16H16BrFO2. The molecule has 1 unspecified atom stereocenters. The molecule has 4 heteroatoms. The van der Waals surface area contributed by atoms with E-state index in [0.29, 0.717) is 0 Å². The zero-order valence-corrected chi connectivity index (χ0v) is 13.0. The monoisotopic (exact) mass is 338 g/mol. The minimum Gasteiger partial charge on any atom is -0.497 e. The van der Waals surface area contributed by atoms with Crippen molar-refractivity contribution in [2.45, 2.75) is 11.2 Å². The van der Waals surface area contributed by atoms with Gasteiger partial charge < -0.3 is 9.47 Å². The van der Waals surface area contributed by atoms with Crippen LogP contribution in [0.4, 0.5) is 4.39 Å². The minimum absolute atomic E-state index is 0.102. The van der Waals surface area contributed by atoms with E-state index in [2.05, 4.69) is 15.9 Å². The lowest BCUT2D eigenvalue weighted by molar-refractivity contribution is 0.386. The number of alkyl halides is 1. The van der Waals surface area contributed by atoms with Crippen LogP contribution in [0.5, 0.6) is 11.5 Å². The van der Waals surface area contributed by atoms with Gasteiger partial charge in [-0.25, -0.2) is 4.39 Å². The molecule has 2 rings (SSSR count). The van der Waals surface area contributed by atoms with E-state index in [1.54, 1.807) is 19.2 Å². The van der Waals surface area contributed by atoms with Gasteiger partial charge in [-0.1, -0.05) is 34.1 Å². The molecular weight excluding hydrogens is 323 g/mol. The SMILES string of the molecule is COc1ccc(CC(Br)c2ccc(F)c(OC)c2)cc1. The second kappa shape index (κ2) is 6.75. The number of hydrogen-bond acceptors (Lipinski definition) is 2. The lowest BCUT2D eigenvalue weighted by Gasteiger charge is -2.12. The van der Waals surface area contributed by atoms with Gasteiger partial charge >= 0.3 is 0 Å². The van der Waals surface area contributed by atoms with Crippen molar-refractivity contribution in [1.82, 2.24) is 0 Å². The Morgan fingerprint density at radius 1 is 1.05 bits per heavy atom. The lowest BCUT2D eigenvalue weighted by Crippen LogP contribution is -1.97. The number of benzene rings is 2. The van der Waals surface area contributed by atoms with Crippen LogP contribution in [0.1, 0.15) is 16.0 Å². The van der Waals surface area contributed by atoms with Gasteiger partial charge in [0.05, 0.1) is 14.2 Å². The van der Waals surface area contributed by atoms with Gasteiger partial charge in [-0.2, -0.15) is 0 Å². The molecule has 0 saturated heterocycles. The van der Waals surface area contributed by atoms with Crippen molar-refractivity contribution >= 4 is 15.9 Å². The molecule has 1 atom stereocenters. The summed E-state index contributed by atoms with van der Waals surface area (Å²) in [4.78, 5) is 0.102. The van der Waals surface area contributed by atoms with Gasteiger partial charge in [0, 0.05) is 4.83 Å². The second-order valence-electron chi connectivity index (χ2n) is 4.41. The number of rotatable bonds is 5. The average molecular weight is 339 g/mol. The zero-order valence-electron chi connectivity index (χ0n) is 11.4. The second-order valence-corrected chi connectivity index (χ2v) is 5.52. The van der Waals surface area contributed by atoms with E-state index in [-0.39, 0.29) is 16.4 Å². The molecule has 0 heterocycles. The van der Waals surface area contributed by atoms with E-state index >= 15 is 0 Å². The summed E-state index contributed by atoms with van der Waals surface area (Å²) in [6.45, 7) is 0. The van der Waals surface area contributed by atoms with E-state index in [1.807, 2.05) is 24.3 Å². The molecule has 2 aromatic carbocycles. The van der Waals surface area contributed by atoms with Crippen LogP contribution in [-0.4, -0.2) is 14.2 Å². The Balaban J connectivity index is 2.12. The first-order chi connectivity index (χ1) is 9.63. The topological polar surface area (TPSA) is 18.5 Å². The summed E-state index contributed by atoms with van der Waals surface area (Å²) in [5.41, 5.74) is 2.16. The molecule has 2 nitrogen and oxygen atoms in total. The normalized spacial score (nSPS) is 12.0. The predicted octanol–water partition coefficient (Wildman–Crippen LogP) is 4.52. The number of halogens is 2. The highest BCUT2D eigenvalue weighted by Gasteiger charge is 2.12. The predicted molar refractivity (Wildman–Crippen MR) is 81.3 cm³/mol. The highest BCUT2D eigenvalue weighted by Crippen LogP contribution is 2.31. The molecule has 0 saturated carbocycles. The first-order valence-electron chi connectivity index (χ1n) is 6.24. The molecule has 0 N–H and O–H groups in total. The Bertz CT molecular complexity index is 569. The molecule has 0 spiro atoms. The summed E-state index contributed by atoms with van der Waals surface area (Å²) in [5.74, 6) is 0.755. The van der Waals surface area contributed by atoms with Gasteiger partial charge in [-0.15, -0.1) is 0 Å². The molecule has 20 heavy (non-hydrogen) atoms. The molecule has 0 fully saturated rings. The quantitative estimate of drug-likeness (QED) is 0.746. The van der Waals surface area contributed by atoms with E-state index in [1.165, 1.54) is 18.7 Å². The largest absolute Gasteiger partial charge is 0.497 e. The molecule has 0 aliphatic rings. The average Bonchev–Trinajstić information content (AvgIpc) is 2.48. The van der Waals surface area contributed by atoms with Crippen LogP contribution in [0.25, 0.3) is 0 Å². The van der Waals surface area contributed by atoms with Crippen LogP contribution in [0.3, 0.4) is 0 Å². The standard InChI is InChI=1S/C16H16BrFO2/c1-19-13-6-3-11(4-7-13)9-14(17)12-5-8-15(18)16(10-12)20-2/h3-8,10,14H,9H2,1-2H3. The van der Waals surface area contributed by atoms with Gasteiger partial charge in [0.15, 0.2) is 11.6 Å². The summed E-state index contributed by atoms with van der Waals surface area (Å²) in [7, 11) is 3.11. The number of methoxy groups -OCH3 is 2. The van der Waals surface area contributed by atoms with Crippen LogP contribution in [0.15, 0.2) is 42.5 Å². The summed E-state index contributed by atoms with van der Waals surface area (Å²) in [6.07, 6.45) is 0.804. The van der Waals surface area contributed by atoms with E-state index in [4.69, 9.17) is 9.47 Å². The highest BCUT2D eigenvalue weighted by atomic mass is 79.9. The molecule has 0 radical (unpaired) electrons. The lowest BCUT2D eigenvalue weighted by atomic mass is 10.0. The number of hydrogen-bond donors (Lipinski definition) is 0. The Morgan fingerprint density at radius 3 is 2.35 bits per heavy atom. The first kappa shape index (κ1) is 14.9. The fraction of sp³-hybridized carbons (Fsp3) is 0.250. The van der Waals surface area contributed by atoms with Crippen LogP contribution in [0, 0.1) is 5.82 Å². The minimum atomic E-state index is -0.347. The van der Waals surface area contributed by atoms with E-state index in [9.17, 15) is 4.39 Å². The van der Waals surface area contributed by atoms with Crippen molar-refractivity contribution in [3.05, 3.63) is 59.4 Å². The summed E-state index contributed by atoms with van der Waals surface area (Å²) < 4.78 is 23.5. The molecule has 0 amide bonds. The molecule has 0 aliphatic carbocycles. The molecule has 0 bridgehead atoms. The third kappa shape index (κ3) is 3.51. The fourth-order valence-electron chi connectivity index (χ4n) is 1.96. The van der Waals surface area contributed by atoms with Crippen molar-refractivity contribution in [1.29, 1.82) is 0 Å². The van der Waals surface area contributed by atoms with Gasteiger partial charge in [0.2, 0.25) is 0 Å². The Kier molecular flexibility index (Phi) is 5.01. The summed E-state index contributed by atoms with van der Waals surface area (Å²) in [6, 6.07) is 12.8. The van der Waals surface area contributed by atoms with Crippen molar-refractivity contribution in [3.8, 4) is 11.5 Å². The summed E-state index contributed by atoms with van der Waals surface area (Å²) >= 11 is 3.64. The molecule has 2 aromatic rings. The van der Waals surface area contributed by atoms with Crippen LogP contribution >= 0.6 is 15.9 Å². The van der Waals surface area contributed by atoms with E-state index < -0.39 is 0 Å². The van der Waals surface area contributed by atoms with Crippen molar-refractivity contribution in [2.24, 2.45) is 0 Å². The molecule has 0 aliphatic heterocycles. The Labute approximate surface area is 126 Å². The third-order valence-electron chi connectivity index (χ3n) is 3.11. The smallest absolute Gasteiger partial charge is 0.165 e. The van der Waals surface area contributed by atoms with Crippen molar-refractivity contribution in [2.75, 3.05) is 14.2 Å². The van der Waals surface area contributed by atoms with Gasteiger partial charge in [-0.05, 0) is 41.8 Å². The third-order valence-corrected chi connectivity index (χ3v) is 3.96.